The van der Waals surface area contributed by atoms with Gasteiger partial charge in [0.2, 0.25) is 0 Å². The molecule has 2 aromatic rings. The van der Waals surface area contributed by atoms with E-state index in [0.717, 1.165) is 25.7 Å². The molecule has 0 bridgehead atoms. The van der Waals surface area contributed by atoms with Crippen LogP contribution in [0.1, 0.15) is 69.3 Å². The average molecular weight is 362 g/mol. The molecule has 2 heterocycles. The van der Waals surface area contributed by atoms with E-state index in [2.05, 4.69) is 23.8 Å². The first-order valence-corrected chi connectivity index (χ1v) is 10.00. The van der Waals surface area contributed by atoms with Gasteiger partial charge in [0.25, 0.3) is 0 Å². The molecule has 2 rings (SSSR count). The number of hydrogen-bond acceptors (Lipinski definition) is 5. The lowest BCUT2D eigenvalue weighted by atomic mass is 10.1. The third-order valence-electron chi connectivity index (χ3n) is 3.98. The number of aromatic nitrogens is 2. The SMILES string of the molecule is CCCCCCC(CCC)ON(C(=O)c1cscn1)c1ccncc1. The summed E-state index contributed by atoms with van der Waals surface area (Å²) in [4.78, 5) is 27.2. The van der Waals surface area contributed by atoms with E-state index in [4.69, 9.17) is 4.84 Å². The molecule has 0 aliphatic heterocycles. The Labute approximate surface area is 154 Å². The van der Waals surface area contributed by atoms with Crippen molar-refractivity contribution in [2.75, 3.05) is 5.06 Å². The van der Waals surface area contributed by atoms with Gasteiger partial charge in [0, 0.05) is 17.8 Å². The number of hydroxylamine groups is 1. The second-order valence-electron chi connectivity index (χ2n) is 6.04. The number of pyridine rings is 1. The summed E-state index contributed by atoms with van der Waals surface area (Å²) in [5.74, 6) is -0.234. The van der Waals surface area contributed by atoms with Crippen molar-refractivity contribution < 1.29 is 9.63 Å². The monoisotopic (exact) mass is 361 g/mol. The van der Waals surface area contributed by atoms with Gasteiger partial charge in [-0.25, -0.2) is 4.98 Å². The van der Waals surface area contributed by atoms with Gasteiger partial charge in [0.15, 0.2) is 0 Å². The van der Waals surface area contributed by atoms with Crippen LogP contribution in [0, 0.1) is 0 Å². The van der Waals surface area contributed by atoms with E-state index in [-0.39, 0.29) is 12.0 Å². The van der Waals surface area contributed by atoms with Gasteiger partial charge >= 0.3 is 5.91 Å². The highest BCUT2D eigenvalue weighted by molar-refractivity contribution is 7.07. The van der Waals surface area contributed by atoms with E-state index in [9.17, 15) is 4.79 Å². The molecule has 0 aliphatic rings. The third-order valence-corrected chi connectivity index (χ3v) is 4.56. The highest BCUT2D eigenvalue weighted by Crippen LogP contribution is 2.22. The van der Waals surface area contributed by atoms with Crippen molar-refractivity contribution in [3.05, 3.63) is 41.1 Å². The minimum absolute atomic E-state index is 0.0256. The van der Waals surface area contributed by atoms with Crippen LogP contribution in [0.2, 0.25) is 0 Å². The molecule has 136 valence electrons. The first-order valence-electron chi connectivity index (χ1n) is 9.05. The first kappa shape index (κ1) is 19.5. The Kier molecular flexibility index (Phi) is 8.55. The normalized spacial score (nSPS) is 12.1. The molecular formula is C19H27N3O2S. The van der Waals surface area contributed by atoms with Crippen LogP contribution in [-0.2, 0) is 4.84 Å². The van der Waals surface area contributed by atoms with Gasteiger partial charge < -0.3 is 0 Å². The molecule has 0 fully saturated rings. The fourth-order valence-corrected chi connectivity index (χ4v) is 3.17. The zero-order valence-electron chi connectivity index (χ0n) is 15.1. The maximum absolute atomic E-state index is 12.8. The highest BCUT2D eigenvalue weighted by Gasteiger charge is 2.24. The van der Waals surface area contributed by atoms with Gasteiger partial charge in [-0.2, -0.15) is 5.06 Å². The van der Waals surface area contributed by atoms with Crippen molar-refractivity contribution in [2.45, 2.75) is 64.9 Å². The Morgan fingerprint density at radius 2 is 1.96 bits per heavy atom. The number of amides is 1. The third kappa shape index (κ3) is 6.21. The van der Waals surface area contributed by atoms with E-state index in [1.54, 1.807) is 35.4 Å². The summed E-state index contributed by atoms with van der Waals surface area (Å²) < 4.78 is 0. The molecule has 0 aliphatic carbocycles. The zero-order valence-corrected chi connectivity index (χ0v) is 15.9. The second-order valence-corrected chi connectivity index (χ2v) is 6.76. The summed E-state index contributed by atoms with van der Waals surface area (Å²) in [6.07, 6.45) is 11.0. The summed E-state index contributed by atoms with van der Waals surface area (Å²) in [5, 5.41) is 3.13. The molecule has 0 radical (unpaired) electrons. The van der Waals surface area contributed by atoms with Gasteiger partial charge in [-0.1, -0.05) is 46.0 Å². The zero-order chi connectivity index (χ0) is 17.9. The number of rotatable bonds is 11. The van der Waals surface area contributed by atoms with Crippen LogP contribution in [0.3, 0.4) is 0 Å². The Balaban J connectivity index is 2.11. The lowest BCUT2D eigenvalue weighted by Crippen LogP contribution is -2.35. The molecule has 2 aromatic heterocycles. The lowest BCUT2D eigenvalue weighted by Gasteiger charge is -2.27. The predicted octanol–water partition coefficient (Wildman–Crippen LogP) is 5.26. The molecule has 25 heavy (non-hydrogen) atoms. The first-order chi connectivity index (χ1) is 12.3. The molecule has 0 saturated heterocycles. The van der Waals surface area contributed by atoms with E-state index in [1.807, 2.05) is 0 Å². The van der Waals surface area contributed by atoms with Crippen molar-refractivity contribution in [3.63, 3.8) is 0 Å². The van der Waals surface area contributed by atoms with Crippen LogP contribution in [0.4, 0.5) is 5.69 Å². The minimum atomic E-state index is -0.234. The summed E-state index contributed by atoms with van der Waals surface area (Å²) in [6.45, 7) is 4.35. The molecule has 5 nitrogen and oxygen atoms in total. The fraction of sp³-hybridized carbons (Fsp3) is 0.526. The Morgan fingerprint density at radius 1 is 1.16 bits per heavy atom. The Bertz CT molecular complexity index is 604. The van der Waals surface area contributed by atoms with Gasteiger partial charge in [-0.15, -0.1) is 11.3 Å². The standard InChI is InChI=1S/C19H27N3O2S/c1-3-5-6-7-9-17(8-4-2)24-22(16-10-12-20-13-11-16)19(23)18-14-25-15-21-18/h10-15,17H,3-9H2,1-2H3. The summed E-state index contributed by atoms with van der Waals surface area (Å²) in [7, 11) is 0. The van der Waals surface area contributed by atoms with Gasteiger partial charge in [0.05, 0.1) is 17.3 Å². The van der Waals surface area contributed by atoms with E-state index < -0.39 is 0 Å². The highest BCUT2D eigenvalue weighted by atomic mass is 32.1. The number of carbonyl (C=O) groups is 1. The smallest absolute Gasteiger partial charge is 0.265 e. The number of hydrogen-bond donors (Lipinski definition) is 0. The van der Waals surface area contributed by atoms with Crippen molar-refractivity contribution in [1.29, 1.82) is 0 Å². The van der Waals surface area contributed by atoms with E-state index in [1.165, 1.54) is 35.7 Å². The van der Waals surface area contributed by atoms with Crippen molar-refractivity contribution in [2.24, 2.45) is 0 Å². The van der Waals surface area contributed by atoms with Crippen LogP contribution < -0.4 is 5.06 Å². The van der Waals surface area contributed by atoms with Crippen molar-refractivity contribution >= 4 is 22.9 Å². The number of unbranched alkanes of at least 4 members (excludes halogenated alkanes) is 3. The van der Waals surface area contributed by atoms with Gasteiger partial charge in [-0.05, 0) is 25.0 Å². The Hall–Kier alpha value is -1.79. The van der Waals surface area contributed by atoms with Crippen LogP contribution in [0.5, 0.6) is 0 Å². The molecule has 0 N–H and O–H groups in total. The molecule has 1 atom stereocenters. The van der Waals surface area contributed by atoms with Gasteiger partial charge in [-0.3, -0.25) is 14.6 Å². The second kappa shape index (κ2) is 10.9. The summed E-state index contributed by atoms with van der Waals surface area (Å²) in [6, 6.07) is 3.56. The minimum Gasteiger partial charge on any atom is -0.265 e. The molecule has 0 aromatic carbocycles. The largest absolute Gasteiger partial charge is 0.301 e. The Morgan fingerprint density at radius 3 is 2.60 bits per heavy atom. The topological polar surface area (TPSA) is 55.3 Å². The van der Waals surface area contributed by atoms with Crippen LogP contribution in [0.25, 0.3) is 0 Å². The quantitative estimate of drug-likeness (QED) is 0.405. The van der Waals surface area contributed by atoms with E-state index >= 15 is 0 Å². The molecule has 1 unspecified atom stereocenters. The summed E-state index contributed by atoms with van der Waals surface area (Å²) >= 11 is 1.40. The van der Waals surface area contributed by atoms with Gasteiger partial charge in [0.1, 0.15) is 5.69 Å². The number of carbonyl (C=O) groups excluding carboxylic acids is 1. The fourth-order valence-electron chi connectivity index (χ4n) is 2.65. The molecule has 0 saturated carbocycles. The molecule has 1 amide bonds. The maximum Gasteiger partial charge on any atom is 0.301 e. The lowest BCUT2D eigenvalue weighted by molar-refractivity contribution is 0.0179. The van der Waals surface area contributed by atoms with Crippen LogP contribution >= 0.6 is 11.3 Å². The molecular weight excluding hydrogens is 334 g/mol. The average Bonchev–Trinajstić information content (AvgIpc) is 3.18. The van der Waals surface area contributed by atoms with Crippen molar-refractivity contribution in [1.82, 2.24) is 9.97 Å². The van der Waals surface area contributed by atoms with E-state index in [0.29, 0.717) is 11.4 Å². The summed E-state index contributed by atoms with van der Waals surface area (Å²) in [5.41, 5.74) is 2.75. The number of nitrogens with zero attached hydrogens (tertiary/aromatic N) is 3. The maximum atomic E-state index is 12.8. The number of thiazole rings is 1. The van der Waals surface area contributed by atoms with Crippen molar-refractivity contribution in [3.8, 4) is 0 Å². The predicted molar refractivity (Wildman–Crippen MR) is 102 cm³/mol. The van der Waals surface area contributed by atoms with Crippen LogP contribution in [-0.4, -0.2) is 22.0 Å². The molecule has 0 spiro atoms. The van der Waals surface area contributed by atoms with Crippen LogP contribution in [0.15, 0.2) is 35.4 Å². The molecule has 6 heteroatoms. The number of anilines is 1.